The maximum Gasteiger partial charge on any atom is 0.325 e. The molecule has 0 unspecified atom stereocenters. The number of nitrogens with one attached hydrogen (secondary N) is 2. The number of Topliss-reactive ketones (excluding diaryl/α,β-unsaturated/α-hetero) is 1. The lowest BCUT2D eigenvalue weighted by atomic mass is 9.94. The van der Waals surface area contributed by atoms with Gasteiger partial charge in [0.15, 0.2) is 10.9 Å². The van der Waals surface area contributed by atoms with Crippen LogP contribution in [-0.4, -0.2) is 28.2 Å². The maximum absolute atomic E-state index is 12.8. The molecule has 0 atom stereocenters. The van der Waals surface area contributed by atoms with E-state index < -0.39 is 6.03 Å². The SMILES string of the molecule is Cc1ccc(NC(=O)Nc2ncc(C=NO)s2)c(C(=O)C2CCCC2)c1. The minimum atomic E-state index is -0.476. The molecule has 0 bridgehead atoms. The third-order valence-corrected chi connectivity index (χ3v) is 5.19. The first-order valence-electron chi connectivity index (χ1n) is 8.43. The number of urea groups is 1. The molecule has 0 saturated heterocycles. The summed E-state index contributed by atoms with van der Waals surface area (Å²) >= 11 is 1.17. The van der Waals surface area contributed by atoms with Crippen LogP contribution in [0.1, 0.15) is 46.5 Å². The number of nitrogens with zero attached hydrogens (tertiary/aromatic N) is 2. The summed E-state index contributed by atoms with van der Waals surface area (Å²) in [7, 11) is 0. The van der Waals surface area contributed by atoms with Gasteiger partial charge in [0.05, 0.1) is 16.8 Å². The fraction of sp³-hybridized carbons (Fsp3) is 0.333. The largest absolute Gasteiger partial charge is 0.411 e. The standard InChI is InChI=1S/C18H20N4O3S/c1-11-6-7-15(14(8-11)16(23)12-4-2-3-5-12)21-17(24)22-18-19-9-13(26-18)10-20-25/h6-10,12,25H,2-5H2,1H3,(H2,19,21,22,24). The van der Waals surface area contributed by atoms with Crippen molar-refractivity contribution in [2.75, 3.05) is 10.6 Å². The van der Waals surface area contributed by atoms with Crippen molar-refractivity contribution < 1.29 is 14.8 Å². The number of amides is 2. The number of aryl methyl sites for hydroxylation is 1. The van der Waals surface area contributed by atoms with E-state index in [1.165, 1.54) is 23.7 Å². The van der Waals surface area contributed by atoms with Crippen molar-refractivity contribution in [3.8, 4) is 0 Å². The smallest absolute Gasteiger partial charge is 0.325 e. The molecule has 136 valence electrons. The van der Waals surface area contributed by atoms with Crippen LogP contribution in [0, 0.1) is 12.8 Å². The summed E-state index contributed by atoms with van der Waals surface area (Å²) in [4.78, 5) is 29.7. The van der Waals surface area contributed by atoms with Crippen LogP contribution in [-0.2, 0) is 0 Å². The number of oxime groups is 1. The molecule has 1 saturated carbocycles. The fourth-order valence-corrected chi connectivity index (χ4v) is 3.77. The molecule has 3 N–H and O–H groups in total. The molecular formula is C18H20N4O3S. The lowest BCUT2D eigenvalue weighted by Crippen LogP contribution is -2.22. The summed E-state index contributed by atoms with van der Waals surface area (Å²) in [5.41, 5.74) is 2.03. The molecule has 8 heteroatoms. The fourth-order valence-electron chi connectivity index (χ4n) is 3.09. The summed E-state index contributed by atoms with van der Waals surface area (Å²) in [6.07, 6.45) is 6.70. The van der Waals surface area contributed by atoms with Crippen molar-refractivity contribution in [2.45, 2.75) is 32.6 Å². The molecule has 0 radical (unpaired) electrons. The molecule has 0 aliphatic heterocycles. The van der Waals surface area contributed by atoms with Crippen LogP contribution in [0.25, 0.3) is 0 Å². The minimum absolute atomic E-state index is 0.0414. The van der Waals surface area contributed by atoms with Gasteiger partial charge in [-0.3, -0.25) is 10.1 Å². The average Bonchev–Trinajstić information content (AvgIpc) is 3.28. The van der Waals surface area contributed by atoms with Crippen molar-refractivity contribution >= 4 is 40.2 Å². The van der Waals surface area contributed by atoms with E-state index in [0.717, 1.165) is 31.2 Å². The van der Waals surface area contributed by atoms with E-state index >= 15 is 0 Å². The molecule has 1 aliphatic rings. The first kappa shape index (κ1) is 18.1. The van der Waals surface area contributed by atoms with Gasteiger partial charge >= 0.3 is 6.03 Å². The second-order valence-corrected chi connectivity index (χ2v) is 7.35. The summed E-state index contributed by atoms with van der Waals surface area (Å²) in [6, 6.07) is 4.97. The highest BCUT2D eigenvalue weighted by atomic mass is 32.1. The van der Waals surface area contributed by atoms with E-state index in [1.807, 2.05) is 19.1 Å². The van der Waals surface area contributed by atoms with Crippen molar-refractivity contribution in [3.05, 3.63) is 40.4 Å². The van der Waals surface area contributed by atoms with E-state index in [9.17, 15) is 9.59 Å². The molecule has 1 aromatic carbocycles. The number of hydrogen-bond donors (Lipinski definition) is 3. The number of ketones is 1. The Balaban J connectivity index is 1.73. The van der Waals surface area contributed by atoms with Gasteiger partial charge in [0.2, 0.25) is 0 Å². The second-order valence-electron chi connectivity index (χ2n) is 6.29. The number of carbonyl (C=O) groups is 2. The van der Waals surface area contributed by atoms with Gasteiger partial charge in [-0.15, -0.1) is 0 Å². The third kappa shape index (κ3) is 4.26. The Kier molecular flexibility index (Phi) is 5.62. The normalized spacial score (nSPS) is 14.7. The molecule has 1 aromatic heterocycles. The first-order chi connectivity index (χ1) is 12.6. The zero-order valence-corrected chi connectivity index (χ0v) is 15.2. The second kappa shape index (κ2) is 8.09. The zero-order chi connectivity index (χ0) is 18.5. The van der Waals surface area contributed by atoms with Crippen molar-refractivity contribution in [1.29, 1.82) is 0 Å². The molecule has 1 aliphatic carbocycles. The van der Waals surface area contributed by atoms with Crippen LogP contribution in [0.3, 0.4) is 0 Å². The van der Waals surface area contributed by atoms with Gasteiger partial charge in [0.1, 0.15) is 0 Å². The number of hydrogen-bond acceptors (Lipinski definition) is 6. The van der Waals surface area contributed by atoms with E-state index in [2.05, 4.69) is 20.8 Å². The van der Waals surface area contributed by atoms with Crippen molar-refractivity contribution in [3.63, 3.8) is 0 Å². The number of anilines is 2. The van der Waals surface area contributed by atoms with Crippen molar-refractivity contribution in [1.82, 2.24) is 4.98 Å². The summed E-state index contributed by atoms with van der Waals surface area (Å²) in [5, 5.41) is 17.2. The summed E-state index contributed by atoms with van der Waals surface area (Å²) in [6.45, 7) is 1.93. The predicted octanol–water partition coefficient (Wildman–Crippen LogP) is 4.28. The minimum Gasteiger partial charge on any atom is -0.411 e. The molecule has 1 fully saturated rings. The topological polar surface area (TPSA) is 104 Å². The number of aromatic nitrogens is 1. The molecule has 2 amide bonds. The molecule has 3 rings (SSSR count). The number of benzene rings is 1. The van der Waals surface area contributed by atoms with E-state index in [-0.39, 0.29) is 11.7 Å². The summed E-state index contributed by atoms with van der Waals surface area (Å²) < 4.78 is 0. The van der Waals surface area contributed by atoms with Gasteiger partial charge < -0.3 is 10.5 Å². The molecule has 1 heterocycles. The monoisotopic (exact) mass is 372 g/mol. The maximum atomic E-state index is 12.8. The molecule has 2 aromatic rings. The van der Waals surface area contributed by atoms with E-state index in [1.54, 1.807) is 6.07 Å². The predicted molar refractivity (Wildman–Crippen MR) is 102 cm³/mol. The van der Waals surface area contributed by atoms with Gasteiger partial charge in [-0.1, -0.05) is 41.0 Å². The number of carbonyl (C=O) groups excluding carboxylic acids is 2. The molecule has 7 nitrogen and oxygen atoms in total. The lowest BCUT2D eigenvalue weighted by molar-refractivity contribution is 0.0923. The Morgan fingerprint density at radius 2 is 2.08 bits per heavy atom. The third-order valence-electron chi connectivity index (χ3n) is 4.34. The highest BCUT2D eigenvalue weighted by molar-refractivity contribution is 7.17. The Bertz CT molecular complexity index is 841. The Morgan fingerprint density at radius 1 is 1.31 bits per heavy atom. The highest BCUT2D eigenvalue weighted by Crippen LogP contribution is 2.31. The van der Waals surface area contributed by atoms with Crippen LogP contribution in [0.15, 0.2) is 29.6 Å². The van der Waals surface area contributed by atoms with Crippen molar-refractivity contribution in [2.24, 2.45) is 11.1 Å². The highest BCUT2D eigenvalue weighted by Gasteiger charge is 2.26. The first-order valence-corrected chi connectivity index (χ1v) is 9.24. The van der Waals surface area contributed by atoms with Crippen LogP contribution >= 0.6 is 11.3 Å². The van der Waals surface area contributed by atoms with Crippen LogP contribution in [0.2, 0.25) is 0 Å². The number of thiazole rings is 1. The van der Waals surface area contributed by atoms with Gasteiger partial charge in [-0.25, -0.2) is 9.78 Å². The average molecular weight is 372 g/mol. The van der Waals surface area contributed by atoms with Crippen LogP contribution in [0.4, 0.5) is 15.6 Å². The zero-order valence-electron chi connectivity index (χ0n) is 14.4. The van der Waals surface area contributed by atoms with Gasteiger partial charge in [-0.2, -0.15) is 0 Å². The van der Waals surface area contributed by atoms with Gasteiger partial charge in [0, 0.05) is 17.7 Å². The molecular weight excluding hydrogens is 352 g/mol. The Hall–Kier alpha value is -2.74. The number of rotatable bonds is 5. The summed E-state index contributed by atoms with van der Waals surface area (Å²) in [5.74, 6) is 0.136. The Labute approximate surface area is 155 Å². The van der Waals surface area contributed by atoms with E-state index in [4.69, 9.17) is 5.21 Å². The van der Waals surface area contributed by atoms with E-state index in [0.29, 0.717) is 21.3 Å². The van der Waals surface area contributed by atoms with Gasteiger partial charge in [-0.05, 0) is 31.9 Å². The van der Waals surface area contributed by atoms with Gasteiger partial charge in [0.25, 0.3) is 0 Å². The quantitative estimate of drug-likeness (QED) is 0.315. The molecule has 0 spiro atoms. The van der Waals surface area contributed by atoms with Crippen LogP contribution < -0.4 is 10.6 Å². The lowest BCUT2D eigenvalue weighted by Gasteiger charge is -2.14. The molecule has 26 heavy (non-hydrogen) atoms. The Morgan fingerprint density at radius 3 is 2.81 bits per heavy atom. The van der Waals surface area contributed by atoms with Crippen LogP contribution in [0.5, 0.6) is 0 Å².